The zero-order valence-corrected chi connectivity index (χ0v) is 9.33. The third-order valence-electron chi connectivity index (χ3n) is 3.45. The molecule has 0 amide bonds. The Morgan fingerprint density at radius 1 is 1.06 bits per heavy atom. The minimum absolute atomic E-state index is 0.244. The largest absolute Gasteiger partial charge is 0.393 e. The van der Waals surface area contributed by atoms with Gasteiger partial charge in [-0.3, -0.25) is 14.5 Å². The summed E-state index contributed by atoms with van der Waals surface area (Å²) < 4.78 is 4.62. The first kappa shape index (κ1) is 10.5. The molecule has 0 N–H and O–H groups in total. The van der Waals surface area contributed by atoms with Gasteiger partial charge in [0.2, 0.25) is 0 Å². The van der Waals surface area contributed by atoms with Gasteiger partial charge in [-0.1, -0.05) is 30.3 Å². The summed E-state index contributed by atoms with van der Waals surface area (Å²) in [7, 11) is 0. The number of likely N-dealkylation sites (tertiary alicyclic amines) is 1. The number of carbonyl (C=O) groups is 2. The van der Waals surface area contributed by atoms with Gasteiger partial charge in [-0.25, -0.2) is 0 Å². The predicted octanol–water partition coefficient (Wildman–Crippen LogP) is 0.818. The van der Waals surface area contributed by atoms with E-state index in [1.54, 1.807) is 0 Å². The molecule has 2 aliphatic rings. The first-order chi connectivity index (χ1) is 8.24. The Hall–Kier alpha value is -1.68. The quantitative estimate of drug-likeness (QED) is 0.558. The maximum Gasteiger partial charge on any atom is 0.318 e. The Kier molecular flexibility index (Phi) is 2.44. The number of nitrogens with zero attached hydrogens (tertiary/aromatic N) is 1. The lowest BCUT2D eigenvalue weighted by molar-refractivity contribution is -0.154. The summed E-state index contributed by atoms with van der Waals surface area (Å²) in [4.78, 5) is 24.9. The van der Waals surface area contributed by atoms with Crippen LogP contribution in [0.4, 0.5) is 0 Å². The van der Waals surface area contributed by atoms with Crippen molar-refractivity contribution < 1.29 is 14.3 Å². The molecule has 2 atom stereocenters. The molecule has 0 radical (unpaired) electrons. The molecule has 0 aromatic heterocycles. The third kappa shape index (κ3) is 1.85. The van der Waals surface area contributed by atoms with Crippen molar-refractivity contribution in [1.82, 2.24) is 4.90 Å². The summed E-state index contributed by atoms with van der Waals surface area (Å²) in [5.74, 6) is -1.19. The summed E-state index contributed by atoms with van der Waals surface area (Å²) in [6.45, 7) is 2.04. The molecule has 4 nitrogen and oxygen atoms in total. The molecular weight excluding hydrogens is 218 g/mol. The monoisotopic (exact) mass is 231 g/mol. The van der Waals surface area contributed by atoms with E-state index in [4.69, 9.17) is 0 Å². The van der Waals surface area contributed by atoms with Crippen LogP contribution >= 0.6 is 0 Å². The van der Waals surface area contributed by atoms with Gasteiger partial charge in [-0.05, 0) is 5.56 Å². The number of hydrogen-bond donors (Lipinski definition) is 0. The lowest BCUT2D eigenvalue weighted by Gasteiger charge is -2.15. The number of fused-ring (bicyclic) bond motifs is 1. The molecule has 17 heavy (non-hydrogen) atoms. The van der Waals surface area contributed by atoms with Crippen molar-refractivity contribution in [2.45, 2.75) is 6.54 Å². The smallest absolute Gasteiger partial charge is 0.318 e. The minimum atomic E-state index is -0.351. The summed E-state index contributed by atoms with van der Waals surface area (Å²) in [6.07, 6.45) is 0. The van der Waals surface area contributed by atoms with Gasteiger partial charge in [0.25, 0.3) is 0 Å². The number of rotatable bonds is 2. The van der Waals surface area contributed by atoms with Crippen LogP contribution in [0.3, 0.4) is 0 Å². The molecule has 2 aliphatic heterocycles. The molecule has 0 bridgehead atoms. The van der Waals surface area contributed by atoms with Crippen molar-refractivity contribution in [3.8, 4) is 0 Å². The highest BCUT2D eigenvalue weighted by atomic mass is 16.6. The van der Waals surface area contributed by atoms with Gasteiger partial charge in [-0.2, -0.15) is 0 Å². The average Bonchev–Trinajstić information content (AvgIpc) is 2.83. The fourth-order valence-electron chi connectivity index (χ4n) is 2.58. The molecule has 0 aliphatic carbocycles. The van der Waals surface area contributed by atoms with Crippen molar-refractivity contribution in [1.29, 1.82) is 0 Å². The molecular formula is C13H13NO3. The maximum absolute atomic E-state index is 11.4. The second-order valence-corrected chi connectivity index (χ2v) is 4.63. The summed E-state index contributed by atoms with van der Waals surface area (Å²) >= 11 is 0. The highest BCUT2D eigenvalue weighted by Gasteiger charge is 2.49. The SMILES string of the molecule is O=C1OC(=O)[C@@H]2CN(Cc3ccccc3)C[C@@H]12. The zero-order valence-electron chi connectivity index (χ0n) is 9.33. The number of esters is 2. The van der Waals surface area contributed by atoms with E-state index in [9.17, 15) is 9.59 Å². The van der Waals surface area contributed by atoms with Gasteiger partial charge in [-0.15, -0.1) is 0 Å². The first-order valence-corrected chi connectivity index (χ1v) is 5.76. The average molecular weight is 231 g/mol. The van der Waals surface area contributed by atoms with Crippen LogP contribution in [-0.4, -0.2) is 29.9 Å². The number of cyclic esters (lactones) is 2. The third-order valence-corrected chi connectivity index (χ3v) is 3.45. The molecule has 0 unspecified atom stereocenters. The Labute approximate surface area is 99.2 Å². The van der Waals surface area contributed by atoms with Crippen LogP contribution in [-0.2, 0) is 20.9 Å². The van der Waals surface area contributed by atoms with Crippen LogP contribution < -0.4 is 0 Å². The molecule has 0 saturated carbocycles. The molecule has 2 saturated heterocycles. The first-order valence-electron chi connectivity index (χ1n) is 5.76. The Morgan fingerprint density at radius 3 is 2.24 bits per heavy atom. The van der Waals surface area contributed by atoms with Crippen molar-refractivity contribution >= 4 is 11.9 Å². The van der Waals surface area contributed by atoms with Crippen LogP contribution in [0.25, 0.3) is 0 Å². The van der Waals surface area contributed by atoms with Crippen LogP contribution in [0.5, 0.6) is 0 Å². The van der Waals surface area contributed by atoms with E-state index in [0.717, 1.165) is 6.54 Å². The molecule has 1 aromatic rings. The minimum Gasteiger partial charge on any atom is -0.393 e. The number of benzene rings is 1. The predicted molar refractivity (Wildman–Crippen MR) is 59.8 cm³/mol. The van der Waals surface area contributed by atoms with Crippen LogP contribution in [0, 0.1) is 11.8 Å². The van der Waals surface area contributed by atoms with E-state index >= 15 is 0 Å². The van der Waals surface area contributed by atoms with Crippen molar-refractivity contribution in [2.75, 3.05) is 13.1 Å². The second-order valence-electron chi connectivity index (χ2n) is 4.63. The van der Waals surface area contributed by atoms with Crippen LogP contribution in [0.2, 0.25) is 0 Å². The Morgan fingerprint density at radius 2 is 1.65 bits per heavy atom. The number of ether oxygens (including phenoxy) is 1. The van der Waals surface area contributed by atoms with E-state index in [0.29, 0.717) is 13.1 Å². The normalized spacial score (nSPS) is 28.2. The van der Waals surface area contributed by atoms with Gasteiger partial charge < -0.3 is 4.74 Å². The molecule has 1 aromatic carbocycles. The lowest BCUT2D eigenvalue weighted by Crippen LogP contribution is -2.24. The molecule has 3 rings (SSSR count). The summed E-state index contributed by atoms with van der Waals surface area (Å²) in [6, 6.07) is 10.1. The zero-order chi connectivity index (χ0) is 11.8. The Balaban J connectivity index is 1.69. The van der Waals surface area contributed by atoms with Gasteiger partial charge in [0, 0.05) is 19.6 Å². The maximum atomic E-state index is 11.4. The fourth-order valence-corrected chi connectivity index (χ4v) is 2.58. The van der Waals surface area contributed by atoms with E-state index in [1.807, 2.05) is 30.3 Å². The summed E-state index contributed by atoms with van der Waals surface area (Å²) in [5.41, 5.74) is 1.20. The van der Waals surface area contributed by atoms with E-state index < -0.39 is 0 Å². The van der Waals surface area contributed by atoms with Gasteiger partial charge in [0.15, 0.2) is 0 Å². The highest BCUT2D eigenvalue weighted by molar-refractivity contribution is 5.97. The molecule has 0 spiro atoms. The Bertz CT molecular complexity index is 435. The highest BCUT2D eigenvalue weighted by Crippen LogP contribution is 2.32. The van der Waals surface area contributed by atoms with Crippen LogP contribution in [0.1, 0.15) is 5.56 Å². The topological polar surface area (TPSA) is 46.6 Å². The van der Waals surface area contributed by atoms with E-state index in [-0.39, 0.29) is 23.8 Å². The van der Waals surface area contributed by atoms with Gasteiger partial charge >= 0.3 is 11.9 Å². The van der Waals surface area contributed by atoms with Crippen LogP contribution in [0.15, 0.2) is 30.3 Å². The number of hydrogen-bond acceptors (Lipinski definition) is 4. The molecule has 2 heterocycles. The molecule has 2 fully saturated rings. The standard InChI is InChI=1S/C13H13NO3/c15-12-10-7-14(8-11(10)13(16)17-12)6-9-4-2-1-3-5-9/h1-5,10-11H,6-8H2/t10-,11-/m1/s1. The van der Waals surface area contributed by atoms with Gasteiger partial charge in [0.05, 0.1) is 11.8 Å². The van der Waals surface area contributed by atoms with E-state index in [1.165, 1.54) is 5.56 Å². The number of carbonyl (C=O) groups excluding carboxylic acids is 2. The van der Waals surface area contributed by atoms with Gasteiger partial charge in [0.1, 0.15) is 0 Å². The molecule has 4 heteroatoms. The second kappa shape index (κ2) is 3.96. The van der Waals surface area contributed by atoms with Crippen molar-refractivity contribution in [3.63, 3.8) is 0 Å². The lowest BCUT2D eigenvalue weighted by atomic mass is 10.00. The summed E-state index contributed by atoms with van der Waals surface area (Å²) in [5, 5.41) is 0. The van der Waals surface area contributed by atoms with Crippen molar-refractivity contribution in [2.24, 2.45) is 11.8 Å². The van der Waals surface area contributed by atoms with Crippen molar-refractivity contribution in [3.05, 3.63) is 35.9 Å². The molecule has 88 valence electrons. The van der Waals surface area contributed by atoms with E-state index in [2.05, 4.69) is 9.64 Å². The fraction of sp³-hybridized carbons (Fsp3) is 0.385.